The first kappa shape index (κ1) is 14.7. The number of rotatable bonds is 5. The van der Waals surface area contributed by atoms with Gasteiger partial charge in [0.25, 0.3) is 0 Å². The molecule has 5 heteroatoms. The summed E-state index contributed by atoms with van der Waals surface area (Å²) in [5, 5.41) is 1.23. The fraction of sp³-hybridized carbons (Fsp3) is 0.176. The Morgan fingerprint density at radius 1 is 0.955 bits per heavy atom. The number of fused-ring (bicyclic) bond motifs is 1. The molecule has 22 heavy (non-hydrogen) atoms. The Morgan fingerprint density at radius 2 is 1.68 bits per heavy atom. The number of nitrogens with zero attached hydrogens (tertiary/aromatic N) is 1. The van der Waals surface area contributed by atoms with Crippen LogP contribution in [-0.2, 0) is 7.05 Å². The van der Waals surface area contributed by atoms with E-state index in [0.29, 0.717) is 0 Å². The van der Waals surface area contributed by atoms with E-state index in [1.807, 2.05) is 18.2 Å². The molecule has 0 fully saturated rings. The third-order valence-corrected chi connectivity index (χ3v) is 4.32. The smallest absolute Gasteiger partial charge is 0.124 e. The van der Waals surface area contributed by atoms with Gasteiger partial charge in [0.2, 0.25) is 0 Å². The van der Waals surface area contributed by atoms with E-state index in [-0.39, 0.29) is 0 Å². The SMILES string of the molecule is COc1cc(NSc2ccc3c(ccn3C)c2)cc(OC)c1. The molecule has 0 aliphatic rings. The fourth-order valence-electron chi connectivity index (χ4n) is 2.31. The van der Waals surface area contributed by atoms with Crippen molar-refractivity contribution in [3.05, 3.63) is 48.7 Å². The van der Waals surface area contributed by atoms with Crippen LogP contribution in [0.1, 0.15) is 0 Å². The van der Waals surface area contributed by atoms with Crippen LogP contribution < -0.4 is 14.2 Å². The molecule has 3 rings (SSSR count). The largest absolute Gasteiger partial charge is 0.497 e. The van der Waals surface area contributed by atoms with Gasteiger partial charge in [0, 0.05) is 47.2 Å². The predicted octanol–water partition coefficient (Wildman–Crippen LogP) is 4.31. The number of methoxy groups -OCH3 is 2. The number of hydrogen-bond acceptors (Lipinski definition) is 4. The van der Waals surface area contributed by atoms with E-state index in [1.54, 1.807) is 26.2 Å². The first-order valence-corrected chi connectivity index (χ1v) is 7.72. The minimum Gasteiger partial charge on any atom is -0.497 e. The Labute approximate surface area is 134 Å². The zero-order valence-corrected chi connectivity index (χ0v) is 13.6. The number of nitrogens with one attached hydrogen (secondary N) is 1. The molecule has 1 heterocycles. The van der Waals surface area contributed by atoms with Crippen LogP contribution in [0.2, 0.25) is 0 Å². The first-order chi connectivity index (χ1) is 10.7. The van der Waals surface area contributed by atoms with Crippen molar-refractivity contribution in [1.82, 2.24) is 4.57 Å². The van der Waals surface area contributed by atoms with Crippen LogP contribution in [0, 0.1) is 0 Å². The second kappa shape index (κ2) is 6.23. The Bertz CT molecular complexity index is 776. The average molecular weight is 314 g/mol. The standard InChI is InChI=1S/C17H18N2O2S/c1-19-7-6-12-8-16(4-5-17(12)19)22-18-13-9-14(20-2)11-15(10-13)21-3/h4-11,18H,1-3H3. The molecule has 4 nitrogen and oxygen atoms in total. The third kappa shape index (κ3) is 2.99. The summed E-state index contributed by atoms with van der Waals surface area (Å²) < 4.78 is 16.0. The molecule has 0 aliphatic heterocycles. The lowest BCUT2D eigenvalue weighted by atomic mass is 10.2. The molecule has 0 radical (unpaired) electrons. The zero-order chi connectivity index (χ0) is 15.5. The topological polar surface area (TPSA) is 35.4 Å². The minimum absolute atomic E-state index is 0.765. The van der Waals surface area contributed by atoms with Gasteiger partial charge in [-0.1, -0.05) is 0 Å². The molecule has 0 unspecified atom stereocenters. The van der Waals surface area contributed by atoms with Crippen LogP contribution >= 0.6 is 11.9 Å². The van der Waals surface area contributed by atoms with E-state index >= 15 is 0 Å². The van der Waals surface area contributed by atoms with Crippen molar-refractivity contribution in [2.75, 3.05) is 18.9 Å². The van der Waals surface area contributed by atoms with Crippen LogP contribution in [0.5, 0.6) is 11.5 Å². The highest BCUT2D eigenvalue weighted by Crippen LogP contribution is 2.30. The Balaban J connectivity index is 1.78. The van der Waals surface area contributed by atoms with Crippen molar-refractivity contribution >= 4 is 28.5 Å². The van der Waals surface area contributed by atoms with Crippen molar-refractivity contribution in [2.45, 2.75) is 4.90 Å². The molecule has 3 aromatic rings. The molecular weight excluding hydrogens is 296 g/mol. The highest BCUT2D eigenvalue weighted by Gasteiger charge is 2.04. The molecule has 0 bridgehead atoms. The molecule has 1 aromatic heterocycles. The van der Waals surface area contributed by atoms with Crippen molar-refractivity contribution in [1.29, 1.82) is 0 Å². The average Bonchev–Trinajstić information content (AvgIpc) is 2.93. The van der Waals surface area contributed by atoms with Gasteiger partial charge in [-0.2, -0.15) is 0 Å². The van der Waals surface area contributed by atoms with E-state index in [4.69, 9.17) is 9.47 Å². The lowest BCUT2D eigenvalue weighted by Crippen LogP contribution is -1.92. The number of ether oxygens (including phenoxy) is 2. The van der Waals surface area contributed by atoms with E-state index in [1.165, 1.54) is 10.9 Å². The van der Waals surface area contributed by atoms with Gasteiger partial charge in [0.05, 0.1) is 19.9 Å². The summed E-state index contributed by atoms with van der Waals surface area (Å²) >= 11 is 1.57. The maximum Gasteiger partial charge on any atom is 0.124 e. The number of hydrogen-bond donors (Lipinski definition) is 1. The Hall–Kier alpha value is -2.27. The molecule has 0 atom stereocenters. The second-order valence-electron chi connectivity index (χ2n) is 4.95. The fourth-order valence-corrected chi connectivity index (χ4v) is 2.98. The van der Waals surface area contributed by atoms with E-state index in [0.717, 1.165) is 22.1 Å². The predicted molar refractivity (Wildman–Crippen MR) is 91.9 cm³/mol. The highest BCUT2D eigenvalue weighted by atomic mass is 32.2. The first-order valence-electron chi connectivity index (χ1n) is 6.90. The summed E-state index contributed by atoms with van der Waals surface area (Å²) in [5.74, 6) is 1.53. The molecular formula is C17H18N2O2S. The van der Waals surface area contributed by atoms with E-state index in [2.05, 4.69) is 46.8 Å². The Morgan fingerprint density at radius 3 is 2.36 bits per heavy atom. The van der Waals surface area contributed by atoms with Gasteiger partial charge >= 0.3 is 0 Å². The molecule has 0 saturated heterocycles. The second-order valence-corrected chi connectivity index (χ2v) is 5.83. The van der Waals surface area contributed by atoms with Gasteiger partial charge in [0.1, 0.15) is 11.5 Å². The summed E-state index contributed by atoms with van der Waals surface area (Å²) in [6, 6.07) is 14.3. The summed E-state index contributed by atoms with van der Waals surface area (Å²) in [7, 11) is 5.35. The normalized spacial score (nSPS) is 10.7. The molecule has 0 aliphatic carbocycles. The summed E-state index contributed by atoms with van der Waals surface area (Å²) in [5.41, 5.74) is 2.17. The van der Waals surface area contributed by atoms with Gasteiger partial charge in [-0.3, -0.25) is 0 Å². The highest BCUT2D eigenvalue weighted by molar-refractivity contribution is 8.00. The number of benzene rings is 2. The van der Waals surface area contributed by atoms with Gasteiger partial charge in [-0.15, -0.1) is 0 Å². The third-order valence-electron chi connectivity index (χ3n) is 3.49. The summed E-state index contributed by atoms with van der Waals surface area (Å²) in [4.78, 5) is 1.15. The van der Waals surface area contributed by atoms with Gasteiger partial charge in [-0.05, 0) is 36.2 Å². The number of anilines is 1. The number of aromatic nitrogens is 1. The van der Waals surface area contributed by atoms with Crippen LogP contribution in [0.15, 0.2) is 53.6 Å². The van der Waals surface area contributed by atoms with Crippen molar-refractivity contribution in [2.24, 2.45) is 7.05 Å². The van der Waals surface area contributed by atoms with Crippen molar-refractivity contribution in [3.63, 3.8) is 0 Å². The van der Waals surface area contributed by atoms with Gasteiger partial charge < -0.3 is 18.8 Å². The molecule has 0 spiro atoms. The van der Waals surface area contributed by atoms with Crippen LogP contribution in [0.3, 0.4) is 0 Å². The molecule has 0 amide bonds. The Kier molecular flexibility index (Phi) is 4.15. The molecule has 114 valence electrons. The quantitative estimate of drug-likeness (QED) is 0.712. The minimum atomic E-state index is 0.765. The van der Waals surface area contributed by atoms with Gasteiger partial charge in [0.15, 0.2) is 0 Å². The summed E-state index contributed by atoms with van der Waals surface area (Å²) in [6.07, 6.45) is 2.07. The zero-order valence-electron chi connectivity index (χ0n) is 12.8. The van der Waals surface area contributed by atoms with E-state index in [9.17, 15) is 0 Å². The molecule has 0 saturated carbocycles. The van der Waals surface area contributed by atoms with Crippen molar-refractivity contribution in [3.8, 4) is 11.5 Å². The van der Waals surface area contributed by atoms with Crippen LogP contribution in [0.4, 0.5) is 5.69 Å². The lowest BCUT2D eigenvalue weighted by molar-refractivity contribution is 0.395. The maximum atomic E-state index is 5.28. The van der Waals surface area contributed by atoms with Crippen LogP contribution in [-0.4, -0.2) is 18.8 Å². The molecule has 2 aromatic carbocycles. The maximum absolute atomic E-state index is 5.28. The van der Waals surface area contributed by atoms with Crippen LogP contribution in [0.25, 0.3) is 10.9 Å². The number of aryl methyl sites for hydroxylation is 1. The van der Waals surface area contributed by atoms with Crippen molar-refractivity contribution < 1.29 is 9.47 Å². The summed E-state index contributed by atoms with van der Waals surface area (Å²) in [6.45, 7) is 0. The monoisotopic (exact) mass is 314 g/mol. The lowest BCUT2D eigenvalue weighted by Gasteiger charge is -2.10. The molecule has 1 N–H and O–H groups in total. The van der Waals surface area contributed by atoms with Gasteiger partial charge in [-0.25, -0.2) is 0 Å². The van der Waals surface area contributed by atoms with E-state index < -0.39 is 0 Å².